The molecular formula is C7H8ClFN2. The van der Waals surface area contributed by atoms with Gasteiger partial charge in [-0.3, -0.25) is 0 Å². The minimum atomic E-state index is -0.486. The van der Waals surface area contributed by atoms with Crippen LogP contribution in [-0.2, 0) is 6.42 Å². The van der Waals surface area contributed by atoms with Crippen molar-refractivity contribution in [1.82, 2.24) is 4.98 Å². The molecule has 1 rings (SSSR count). The Labute approximate surface area is 69.2 Å². The van der Waals surface area contributed by atoms with Crippen molar-refractivity contribution in [3.05, 3.63) is 28.8 Å². The largest absolute Gasteiger partial charge is 0.330 e. The SMILES string of the molecule is NCCc1cc(Cl)cnc1F. The van der Waals surface area contributed by atoms with Crippen LogP contribution in [-0.4, -0.2) is 11.5 Å². The van der Waals surface area contributed by atoms with Crippen molar-refractivity contribution in [2.45, 2.75) is 6.42 Å². The smallest absolute Gasteiger partial charge is 0.216 e. The Morgan fingerprint density at radius 1 is 1.64 bits per heavy atom. The van der Waals surface area contributed by atoms with Crippen molar-refractivity contribution in [2.24, 2.45) is 5.73 Å². The zero-order chi connectivity index (χ0) is 8.27. The first-order valence-corrected chi connectivity index (χ1v) is 3.62. The van der Waals surface area contributed by atoms with Crippen LogP contribution < -0.4 is 5.73 Å². The molecule has 0 radical (unpaired) electrons. The summed E-state index contributed by atoms with van der Waals surface area (Å²) in [6, 6.07) is 1.54. The summed E-state index contributed by atoms with van der Waals surface area (Å²) in [6.45, 7) is 0.402. The normalized spacial score (nSPS) is 10.1. The van der Waals surface area contributed by atoms with Gasteiger partial charge >= 0.3 is 0 Å². The second-order valence-electron chi connectivity index (χ2n) is 2.14. The lowest BCUT2D eigenvalue weighted by Gasteiger charge is -1.99. The van der Waals surface area contributed by atoms with Crippen molar-refractivity contribution in [1.29, 1.82) is 0 Å². The quantitative estimate of drug-likeness (QED) is 0.688. The number of nitrogens with zero attached hydrogens (tertiary/aromatic N) is 1. The van der Waals surface area contributed by atoms with Gasteiger partial charge in [-0.1, -0.05) is 11.6 Å². The topological polar surface area (TPSA) is 38.9 Å². The third kappa shape index (κ3) is 2.13. The van der Waals surface area contributed by atoms with E-state index in [0.717, 1.165) is 0 Å². The standard InChI is InChI=1S/C7H8ClFN2/c8-6-3-5(1-2-10)7(9)11-4-6/h3-4H,1-2,10H2. The summed E-state index contributed by atoms with van der Waals surface area (Å²) >= 11 is 5.58. The number of hydrogen-bond acceptors (Lipinski definition) is 2. The van der Waals surface area contributed by atoms with Crippen LogP contribution in [0.2, 0.25) is 5.02 Å². The van der Waals surface area contributed by atoms with E-state index >= 15 is 0 Å². The lowest BCUT2D eigenvalue weighted by atomic mass is 10.2. The zero-order valence-corrected chi connectivity index (χ0v) is 6.61. The second kappa shape index (κ2) is 3.64. The minimum Gasteiger partial charge on any atom is -0.330 e. The molecule has 0 saturated heterocycles. The fraction of sp³-hybridized carbons (Fsp3) is 0.286. The summed E-state index contributed by atoms with van der Waals surface area (Å²) in [5, 5.41) is 0.440. The van der Waals surface area contributed by atoms with Gasteiger partial charge in [0.1, 0.15) is 0 Å². The Morgan fingerprint density at radius 3 is 3.00 bits per heavy atom. The molecule has 0 unspecified atom stereocenters. The molecule has 2 N–H and O–H groups in total. The third-order valence-electron chi connectivity index (χ3n) is 1.29. The Balaban J connectivity index is 2.93. The molecule has 1 aromatic heterocycles. The van der Waals surface area contributed by atoms with Crippen LogP contribution in [0.25, 0.3) is 0 Å². The average molecular weight is 175 g/mol. The molecule has 2 nitrogen and oxygen atoms in total. The molecule has 1 heterocycles. The van der Waals surface area contributed by atoms with Crippen molar-refractivity contribution in [3.63, 3.8) is 0 Å². The average Bonchev–Trinajstić information content (AvgIpc) is 1.98. The van der Waals surface area contributed by atoms with Crippen LogP contribution in [0.4, 0.5) is 4.39 Å². The fourth-order valence-electron chi connectivity index (χ4n) is 0.795. The predicted molar refractivity (Wildman–Crippen MR) is 42.0 cm³/mol. The molecule has 0 fully saturated rings. The van der Waals surface area contributed by atoms with E-state index in [1.165, 1.54) is 12.3 Å². The molecule has 0 aliphatic carbocycles. The highest BCUT2D eigenvalue weighted by atomic mass is 35.5. The molecule has 11 heavy (non-hydrogen) atoms. The van der Waals surface area contributed by atoms with Gasteiger partial charge in [-0.25, -0.2) is 4.98 Å². The first kappa shape index (κ1) is 8.43. The molecule has 0 bridgehead atoms. The summed E-state index contributed by atoms with van der Waals surface area (Å²) in [5.74, 6) is -0.486. The number of nitrogens with two attached hydrogens (primary N) is 1. The van der Waals surface area contributed by atoms with Gasteiger partial charge in [0.2, 0.25) is 5.95 Å². The summed E-state index contributed by atoms with van der Waals surface area (Å²) in [6.07, 6.45) is 1.75. The molecular weight excluding hydrogens is 167 g/mol. The molecule has 4 heteroatoms. The highest BCUT2D eigenvalue weighted by Gasteiger charge is 2.02. The molecule has 0 atom stereocenters. The molecule has 60 valence electrons. The predicted octanol–water partition coefficient (Wildman–Crippen LogP) is 1.38. The van der Waals surface area contributed by atoms with Gasteiger partial charge in [-0.15, -0.1) is 0 Å². The van der Waals surface area contributed by atoms with E-state index in [4.69, 9.17) is 17.3 Å². The van der Waals surface area contributed by atoms with Crippen molar-refractivity contribution in [2.75, 3.05) is 6.54 Å². The lowest BCUT2D eigenvalue weighted by Crippen LogP contribution is -2.05. The third-order valence-corrected chi connectivity index (χ3v) is 1.50. The van der Waals surface area contributed by atoms with E-state index in [9.17, 15) is 4.39 Å². The van der Waals surface area contributed by atoms with E-state index in [1.54, 1.807) is 0 Å². The van der Waals surface area contributed by atoms with Gasteiger partial charge < -0.3 is 5.73 Å². The summed E-state index contributed by atoms with van der Waals surface area (Å²) < 4.78 is 12.7. The van der Waals surface area contributed by atoms with Crippen molar-refractivity contribution >= 4 is 11.6 Å². The van der Waals surface area contributed by atoms with Crippen molar-refractivity contribution in [3.8, 4) is 0 Å². The van der Waals surface area contributed by atoms with Crippen LogP contribution in [0.1, 0.15) is 5.56 Å². The first-order valence-electron chi connectivity index (χ1n) is 3.24. The minimum absolute atomic E-state index is 0.402. The van der Waals surface area contributed by atoms with Gasteiger partial charge in [0, 0.05) is 11.8 Å². The highest BCUT2D eigenvalue weighted by molar-refractivity contribution is 6.30. The van der Waals surface area contributed by atoms with E-state index in [-0.39, 0.29) is 0 Å². The molecule has 0 saturated carbocycles. The molecule has 0 aromatic carbocycles. The number of rotatable bonds is 2. The number of halogens is 2. The lowest BCUT2D eigenvalue weighted by molar-refractivity contribution is 0.566. The second-order valence-corrected chi connectivity index (χ2v) is 2.58. The zero-order valence-electron chi connectivity index (χ0n) is 5.85. The van der Waals surface area contributed by atoms with E-state index in [2.05, 4.69) is 4.98 Å². The molecule has 0 aliphatic heterocycles. The Kier molecular flexibility index (Phi) is 2.79. The summed E-state index contributed by atoms with van der Waals surface area (Å²) in [7, 11) is 0. The maximum atomic E-state index is 12.7. The number of hydrogen-bond donors (Lipinski definition) is 1. The number of aromatic nitrogens is 1. The first-order chi connectivity index (χ1) is 5.24. The Bertz CT molecular complexity index is 252. The van der Waals surface area contributed by atoms with Crippen molar-refractivity contribution < 1.29 is 4.39 Å². The molecule has 0 aliphatic rings. The molecule has 1 aromatic rings. The van der Waals surface area contributed by atoms with Gasteiger partial charge in [0.05, 0.1) is 5.02 Å². The maximum Gasteiger partial charge on any atom is 0.216 e. The highest BCUT2D eigenvalue weighted by Crippen LogP contribution is 2.11. The summed E-state index contributed by atoms with van der Waals surface area (Å²) in [5.41, 5.74) is 5.71. The van der Waals surface area contributed by atoms with Crippen LogP contribution in [0, 0.1) is 5.95 Å². The van der Waals surface area contributed by atoms with Crippen LogP contribution in [0.3, 0.4) is 0 Å². The van der Waals surface area contributed by atoms with E-state index < -0.39 is 5.95 Å². The molecule has 0 amide bonds. The van der Waals surface area contributed by atoms with Crippen LogP contribution in [0.5, 0.6) is 0 Å². The van der Waals surface area contributed by atoms with E-state index in [1.807, 2.05) is 0 Å². The van der Waals surface area contributed by atoms with Gasteiger partial charge in [0.25, 0.3) is 0 Å². The van der Waals surface area contributed by atoms with Gasteiger partial charge in [0.15, 0.2) is 0 Å². The Hall–Kier alpha value is -0.670. The van der Waals surface area contributed by atoms with Crippen LogP contribution >= 0.6 is 11.6 Å². The van der Waals surface area contributed by atoms with Gasteiger partial charge in [-0.2, -0.15) is 4.39 Å². The van der Waals surface area contributed by atoms with Crippen LogP contribution in [0.15, 0.2) is 12.3 Å². The summed E-state index contributed by atoms with van der Waals surface area (Å²) in [4.78, 5) is 3.44. The monoisotopic (exact) mass is 174 g/mol. The van der Waals surface area contributed by atoms with E-state index in [0.29, 0.717) is 23.6 Å². The maximum absolute atomic E-state index is 12.7. The number of pyridine rings is 1. The van der Waals surface area contributed by atoms with Gasteiger partial charge in [-0.05, 0) is 19.0 Å². The fourth-order valence-corrected chi connectivity index (χ4v) is 0.976. The Morgan fingerprint density at radius 2 is 2.36 bits per heavy atom. The molecule has 0 spiro atoms.